The Kier molecular flexibility index (Phi) is 3.05. The summed E-state index contributed by atoms with van der Waals surface area (Å²) in [6, 6.07) is 15.3. The lowest BCUT2D eigenvalue weighted by Crippen LogP contribution is -2.50. The number of hydrogen-bond acceptors (Lipinski definition) is 2. The second-order valence-corrected chi connectivity index (χ2v) is 6.03. The van der Waals surface area contributed by atoms with E-state index in [1.165, 1.54) is 0 Å². The van der Waals surface area contributed by atoms with Crippen molar-refractivity contribution in [3.63, 3.8) is 0 Å². The maximum atomic E-state index is 12.7. The van der Waals surface area contributed by atoms with E-state index in [0.717, 1.165) is 15.8 Å². The molecule has 1 aliphatic rings. The van der Waals surface area contributed by atoms with Gasteiger partial charge in [0.25, 0.3) is 5.91 Å². The van der Waals surface area contributed by atoms with Crippen molar-refractivity contribution in [2.24, 2.45) is 0 Å². The van der Waals surface area contributed by atoms with Crippen molar-refractivity contribution >= 4 is 33.2 Å². The van der Waals surface area contributed by atoms with Crippen molar-refractivity contribution in [3.05, 3.63) is 53.0 Å². The number of amides is 1. The Labute approximate surface area is 126 Å². The lowest BCUT2D eigenvalue weighted by Gasteiger charge is -2.39. The minimum Gasteiger partial charge on any atom is -0.476 e. The van der Waals surface area contributed by atoms with E-state index in [4.69, 9.17) is 4.74 Å². The molecule has 0 bridgehead atoms. The Bertz CT molecular complexity index is 682. The Morgan fingerprint density at radius 1 is 1.00 bits per heavy atom. The SMILES string of the molecule is CC1(C)Oc2ccccc2N(c2ccccc2Br)C1=O. The van der Waals surface area contributed by atoms with Crippen LogP contribution in [0.2, 0.25) is 0 Å². The third kappa shape index (κ3) is 2.00. The van der Waals surface area contributed by atoms with E-state index in [0.29, 0.717) is 5.75 Å². The van der Waals surface area contributed by atoms with Crippen molar-refractivity contribution < 1.29 is 9.53 Å². The minimum absolute atomic E-state index is 0.0805. The van der Waals surface area contributed by atoms with Gasteiger partial charge in [0.1, 0.15) is 5.75 Å². The van der Waals surface area contributed by atoms with E-state index in [1.54, 1.807) is 18.7 Å². The van der Waals surface area contributed by atoms with Crippen LogP contribution in [0.5, 0.6) is 5.75 Å². The number of halogens is 1. The molecule has 0 saturated heterocycles. The molecule has 1 amide bonds. The van der Waals surface area contributed by atoms with Gasteiger partial charge in [-0.2, -0.15) is 0 Å². The van der Waals surface area contributed by atoms with Crippen LogP contribution in [0.15, 0.2) is 53.0 Å². The molecule has 0 N–H and O–H groups in total. The van der Waals surface area contributed by atoms with E-state index in [1.807, 2.05) is 48.5 Å². The van der Waals surface area contributed by atoms with Crippen LogP contribution < -0.4 is 9.64 Å². The molecule has 1 heterocycles. The second-order valence-electron chi connectivity index (χ2n) is 5.17. The van der Waals surface area contributed by atoms with Gasteiger partial charge in [-0.25, -0.2) is 0 Å². The zero-order chi connectivity index (χ0) is 14.3. The smallest absolute Gasteiger partial charge is 0.275 e. The predicted molar refractivity (Wildman–Crippen MR) is 82.4 cm³/mol. The third-order valence-electron chi connectivity index (χ3n) is 3.28. The highest BCUT2D eigenvalue weighted by Crippen LogP contribution is 2.43. The first-order valence-electron chi connectivity index (χ1n) is 6.38. The first-order chi connectivity index (χ1) is 9.50. The largest absolute Gasteiger partial charge is 0.476 e. The maximum absolute atomic E-state index is 12.7. The number of nitrogens with zero attached hydrogens (tertiary/aromatic N) is 1. The third-order valence-corrected chi connectivity index (χ3v) is 3.95. The standard InChI is InChI=1S/C16H14BrNO2/c1-16(2)15(19)18(12-8-4-3-7-11(12)17)13-9-5-6-10-14(13)20-16/h3-10H,1-2H3. The molecule has 3 rings (SSSR count). The Hall–Kier alpha value is -1.81. The van der Waals surface area contributed by atoms with Gasteiger partial charge in [0, 0.05) is 4.47 Å². The summed E-state index contributed by atoms with van der Waals surface area (Å²) in [6.45, 7) is 3.57. The average molecular weight is 332 g/mol. The predicted octanol–water partition coefficient (Wildman–Crippen LogP) is 4.28. The first kappa shape index (κ1) is 13.2. The molecule has 0 atom stereocenters. The van der Waals surface area contributed by atoms with Gasteiger partial charge in [0.05, 0.1) is 11.4 Å². The van der Waals surface area contributed by atoms with Gasteiger partial charge in [-0.05, 0) is 54.0 Å². The van der Waals surface area contributed by atoms with Crippen molar-refractivity contribution in [3.8, 4) is 5.75 Å². The Morgan fingerprint density at radius 2 is 1.60 bits per heavy atom. The van der Waals surface area contributed by atoms with Crippen molar-refractivity contribution in [1.29, 1.82) is 0 Å². The van der Waals surface area contributed by atoms with Crippen LogP contribution in [0, 0.1) is 0 Å². The number of fused-ring (bicyclic) bond motifs is 1. The zero-order valence-electron chi connectivity index (χ0n) is 11.3. The fourth-order valence-corrected chi connectivity index (χ4v) is 2.76. The number of hydrogen-bond donors (Lipinski definition) is 0. The second kappa shape index (κ2) is 4.63. The fraction of sp³-hybridized carbons (Fsp3) is 0.188. The highest BCUT2D eigenvalue weighted by Gasteiger charge is 2.41. The highest BCUT2D eigenvalue weighted by molar-refractivity contribution is 9.10. The topological polar surface area (TPSA) is 29.5 Å². The van der Waals surface area contributed by atoms with Gasteiger partial charge in [0.2, 0.25) is 0 Å². The number of carbonyl (C=O) groups excluding carboxylic acids is 1. The molecular weight excluding hydrogens is 318 g/mol. The van der Waals surface area contributed by atoms with Gasteiger partial charge in [0.15, 0.2) is 5.60 Å². The molecule has 20 heavy (non-hydrogen) atoms. The highest BCUT2D eigenvalue weighted by atomic mass is 79.9. The summed E-state index contributed by atoms with van der Waals surface area (Å²) in [7, 11) is 0. The molecule has 0 fully saturated rings. The summed E-state index contributed by atoms with van der Waals surface area (Å²) >= 11 is 3.51. The van der Waals surface area contributed by atoms with Crippen molar-refractivity contribution in [2.45, 2.75) is 19.4 Å². The molecule has 0 spiro atoms. The van der Waals surface area contributed by atoms with Gasteiger partial charge in [-0.15, -0.1) is 0 Å². The summed E-state index contributed by atoms with van der Waals surface area (Å²) in [5, 5.41) is 0. The Balaban J connectivity index is 2.23. The van der Waals surface area contributed by atoms with Gasteiger partial charge in [-0.1, -0.05) is 24.3 Å². The summed E-state index contributed by atoms with van der Waals surface area (Å²) in [5.41, 5.74) is 0.703. The lowest BCUT2D eigenvalue weighted by molar-refractivity contribution is -0.131. The van der Waals surface area contributed by atoms with Crippen molar-refractivity contribution in [1.82, 2.24) is 0 Å². The van der Waals surface area contributed by atoms with Crippen LogP contribution >= 0.6 is 15.9 Å². The summed E-state index contributed by atoms with van der Waals surface area (Å²) < 4.78 is 6.69. The quantitative estimate of drug-likeness (QED) is 0.780. The molecule has 1 aliphatic heterocycles. The molecule has 0 aromatic heterocycles. The molecule has 4 heteroatoms. The van der Waals surface area contributed by atoms with Crippen LogP contribution in [0.25, 0.3) is 0 Å². The van der Waals surface area contributed by atoms with E-state index >= 15 is 0 Å². The molecule has 0 unspecified atom stereocenters. The summed E-state index contributed by atoms with van der Waals surface area (Å²) in [5.74, 6) is 0.635. The molecule has 2 aromatic carbocycles. The molecule has 0 radical (unpaired) electrons. The fourth-order valence-electron chi connectivity index (χ4n) is 2.30. The van der Waals surface area contributed by atoms with Gasteiger partial charge >= 0.3 is 0 Å². The van der Waals surface area contributed by atoms with Crippen LogP contribution in [0.1, 0.15) is 13.8 Å². The molecule has 0 saturated carbocycles. The zero-order valence-corrected chi connectivity index (χ0v) is 12.8. The van der Waals surface area contributed by atoms with Crippen LogP contribution in [-0.4, -0.2) is 11.5 Å². The number of carbonyl (C=O) groups is 1. The van der Waals surface area contributed by atoms with Crippen molar-refractivity contribution in [2.75, 3.05) is 4.90 Å². The molecule has 0 aliphatic carbocycles. The Morgan fingerprint density at radius 3 is 2.30 bits per heavy atom. The summed E-state index contributed by atoms with van der Waals surface area (Å²) in [6.07, 6.45) is 0. The molecular formula is C16H14BrNO2. The number of rotatable bonds is 1. The monoisotopic (exact) mass is 331 g/mol. The van der Waals surface area contributed by atoms with Gasteiger partial charge < -0.3 is 4.74 Å². The maximum Gasteiger partial charge on any atom is 0.275 e. The van der Waals surface area contributed by atoms with E-state index in [9.17, 15) is 4.79 Å². The van der Waals surface area contributed by atoms with Crippen LogP contribution in [0.3, 0.4) is 0 Å². The minimum atomic E-state index is -0.885. The normalized spacial score (nSPS) is 16.6. The van der Waals surface area contributed by atoms with Gasteiger partial charge in [-0.3, -0.25) is 9.69 Å². The van der Waals surface area contributed by atoms with E-state index < -0.39 is 5.60 Å². The first-order valence-corrected chi connectivity index (χ1v) is 7.17. The summed E-state index contributed by atoms with van der Waals surface area (Å²) in [4.78, 5) is 14.5. The molecule has 2 aromatic rings. The number of benzene rings is 2. The van der Waals surface area contributed by atoms with Crippen LogP contribution in [-0.2, 0) is 4.79 Å². The number of anilines is 2. The average Bonchev–Trinajstić information content (AvgIpc) is 2.41. The molecule has 3 nitrogen and oxygen atoms in total. The van der Waals surface area contributed by atoms with Crippen LogP contribution in [0.4, 0.5) is 11.4 Å². The number of ether oxygens (including phenoxy) is 1. The lowest BCUT2D eigenvalue weighted by atomic mass is 10.0. The number of para-hydroxylation sites is 3. The van der Waals surface area contributed by atoms with E-state index in [2.05, 4.69) is 15.9 Å². The molecule has 102 valence electrons. The van der Waals surface area contributed by atoms with E-state index in [-0.39, 0.29) is 5.91 Å².